The molecule has 0 aliphatic heterocycles. The molecule has 0 spiro atoms. The van der Waals surface area contributed by atoms with Crippen LogP contribution < -0.4 is 0 Å². The molecule has 1 aromatic carbocycles. The lowest BCUT2D eigenvalue weighted by Crippen LogP contribution is -2.04. The van der Waals surface area contributed by atoms with Gasteiger partial charge in [-0.3, -0.25) is 4.79 Å². The summed E-state index contributed by atoms with van der Waals surface area (Å²) in [7, 11) is 0. The Labute approximate surface area is 166 Å². The summed E-state index contributed by atoms with van der Waals surface area (Å²) in [6.07, 6.45) is 24.0. The van der Waals surface area contributed by atoms with Gasteiger partial charge in [0.25, 0.3) is 0 Å². The Hall–Kier alpha value is -2.09. The zero-order valence-corrected chi connectivity index (χ0v) is 16.9. The normalized spacial score (nSPS) is 11.7. The average Bonchev–Trinajstić information content (AvgIpc) is 2.70. The molecule has 148 valence electrons. The Morgan fingerprint density at radius 2 is 1.44 bits per heavy atom. The largest absolute Gasteiger partial charge is 0.461 e. The highest BCUT2D eigenvalue weighted by Gasteiger charge is 2.02. The molecule has 27 heavy (non-hydrogen) atoms. The number of unbranched alkanes of at least 4 members (excludes halogenated alkanes) is 7. The minimum absolute atomic E-state index is 0.0858. The summed E-state index contributed by atoms with van der Waals surface area (Å²) in [6, 6.07) is 9.83. The van der Waals surface area contributed by atoms with Gasteiger partial charge >= 0.3 is 5.97 Å². The highest BCUT2D eigenvalue weighted by atomic mass is 16.5. The fourth-order valence-corrected chi connectivity index (χ4v) is 2.67. The molecule has 0 saturated carbocycles. The van der Waals surface area contributed by atoms with E-state index in [0.29, 0.717) is 13.0 Å². The molecule has 2 nitrogen and oxygen atoms in total. The van der Waals surface area contributed by atoms with Crippen molar-refractivity contribution in [3.8, 4) is 0 Å². The Bertz CT molecular complexity index is 555. The van der Waals surface area contributed by atoms with Gasteiger partial charge in [-0.05, 0) is 31.2 Å². The van der Waals surface area contributed by atoms with Crippen LogP contribution in [0.5, 0.6) is 0 Å². The zero-order chi connectivity index (χ0) is 19.4. The van der Waals surface area contributed by atoms with Gasteiger partial charge in [0.1, 0.15) is 6.61 Å². The van der Waals surface area contributed by atoms with Gasteiger partial charge in [-0.1, -0.05) is 106 Å². The molecular weight excluding hydrogens is 332 g/mol. The van der Waals surface area contributed by atoms with Crippen LogP contribution in [-0.4, -0.2) is 5.97 Å². The van der Waals surface area contributed by atoms with Crippen LogP contribution in [0.15, 0.2) is 66.8 Å². The number of ether oxygens (including phenoxy) is 1. The molecule has 0 aromatic heterocycles. The molecule has 0 aliphatic carbocycles. The molecule has 0 fully saturated rings. The number of allylic oxidation sites excluding steroid dienone is 6. The van der Waals surface area contributed by atoms with Crippen molar-refractivity contribution in [3.05, 3.63) is 72.4 Å². The number of rotatable bonds is 15. The molecule has 0 amide bonds. The predicted molar refractivity (Wildman–Crippen MR) is 116 cm³/mol. The molecule has 2 heteroatoms. The maximum absolute atomic E-state index is 11.7. The average molecular weight is 369 g/mol. The second kappa shape index (κ2) is 17.3. The van der Waals surface area contributed by atoms with Crippen molar-refractivity contribution in [2.45, 2.75) is 77.7 Å². The van der Waals surface area contributed by atoms with Crippen LogP contribution in [0.3, 0.4) is 0 Å². The van der Waals surface area contributed by atoms with E-state index in [4.69, 9.17) is 4.74 Å². The van der Waals surface area contributed by atoms with Gasteiger partial charge in [-0.25, -0.2) is 0 Å². The summed E-state index contributed by atoms with van der Waals surface area (Å²) in [5.41, 5.74) is 1.04. The van der Waals surface area contributed by atoms with E-state index in [2.05, 4.69) is 43.4 Å². The van der Waals surface area contributed by atoms with E-state index in [1.54, 1.807) is 0 Å². The summed E-state index contributed by atoms with van der Waals surface area (Å²) >= 11 is 0. The van der Waals surface area contributed by atoms with Crippen LogP contribution in [0.1, 0.15) is 76.7 Å². The molecule has 0 atom stereocenters. The number of benzene rings is 1. The highest BCUT2D eigenvalue weighted by Crippen LogP contribution is 2.09. The standard InChI is InChI=1S/C25H36O2/c1-2-3-4-5-6-7-8-9-10-11-12-13-14-15-19-22-25(26)27-23-24-20-17-16-18-21-24/h5-10,16-18,20-21H,2-4,11-15,19,22-23H2,1H3/b6-5+,8-7+,10-9+. The first kappa shape index (κ1) is 23.0. The number of carbonyl (C=O) groups excluding carboxylic acids is 1. The minimum atomic E-state index is -0.0858. The van der Waals surface area contributed by atoms with Crippen LogP contribution in [0.4, 0.5) is 0 Å². The summed E-state index contributed by atoms with van der Waals surface area (Å²) < 4.78 is 5.29. The van der Waals surface area contributed by atoms with E-state index >= 15 is 0 Å². The topological polar surface area (TPSA) is 26.3 Å². The maximum Gasteiger partial charge on any atom is 0.306 e. The Morgan fingerprint density at radius 1 is 0.815 bits per heavy atom. The number of esters is 1. The van der Waals surface area contributed by atoms with E-state index in [1.807, 2.05) is 30.3 Å². The first-order valence-electron chi connectivity index (χ1n) is 10.5. The van der Waals surface area contributed by atoms with Crippen LogP contribution in [0.2, 0.25) is 0 Å². The highest BCUT2D eigenvalue weighted by molar-refractivity contribution is 5.69. The minimum Gasteiger partial charge on any atom is -0.461 e. The Morgan fingerprint density at radius 3 is 2.15 bits per heavy atom. The van der Waals surface area contributed by atoms with Crippen molar-refractivity contribution in [3.63, 3.8) is 0 Å². The third kappa shape index (κ3) is 14.7. The van der Waals surface area contributed by atoms with Gasteiger partial charge < -0.3 is 4.74 Å². The molecule has 0 radical (unpaired) electrons. The molecule has 0 heterocycles. The maximum atomic E-state index is 11.7. The molecule has 0 saturated heterocycles. The summed E-state index contributed by atoms with van der Waals surface area (Å²) in [6.45, 7) is 2.60. The number of hydrogen-bond donors (Lipinski definition) is 0. The predicted octanol–water partition coefficient (Wildman–Crippen LogP) is 7.32. The van der Waals surface area contributed by atoms with Gasteiger partial charge in [0.2, 0.25) is 0 Å². The molecule has 0 N–H and O–H groups in total. The summed E-state index contributed by atoms with van der Waals surface area (Å²) in [5, 5.41) is 0. The van der Waals surface area contributed by atoms with Gasteiger partial charge in [0.15, 0.2) is 0 Å². The lowest BCUT2D eigenvalue weighted by molar-refractivity contribution is -0.145. The van der Waals surface area contributed by atoms with Crippen molar-refractivity contribution in [1.82, 2.24) is 0 Å². The van der Waals surface area contributed by atoms with Gasteiger partial charge in [-0.15, -0.1) is 0 Å². The molecule has 1 aromatic rings. The van der Waals surface area contributed by atoms with Crippen molar-refractivity contribution in [2.75, 3.05) is 0 Å². The smallest absolute Gasteiger partial charge is 0.306 e. The van der Waals surface area contributed by atoms with Crippen LogP contribution in [0.25, 0.3) is 0 Å². The third-order valence-corrected chi connectivity index (χ3v) is 4.32. The molecule has 0 bridgehead atoms. The molecular formula is C25H36O2. The molecule has 1 rings (SSSR count). The first-order valence-corrected chi connectivity index (χ1v) is 10.5. The zero-order valence-electron chi connectivity index (χ0n) is 16.9. The van der Waals surface area contributed by atoms with Gasteiger partial charge in [-0.2, -0.15) is 0 Å². The lowest BCUT2D eigenvalue weighted by Gasteiger charge is -2.05. The van der Waals surface area contributed by atoms with Crippen molar-refractivity contribution in [2.24, 2.45) is 0 Å². The number of hydrogen-bond acceptors (Lipinski definition) is 2. The first-order chi connectivity index (χ1) is 13.3. The SMILES string of the molecule is CCCC/C=C/C=C/C=C/CCCCCCCC(=O)OCc1ccccc1. The van der Waals surface area contributed by atoms with Gasteiger partial charge in [0, 0.05) is 6.42 Å². The third-order valence-electron chi connectivity index (χ3n) is 4.32. The van der Waals surface area contributed by atoms with Crippen LogP contribution in [0, 0.1) is 0 Å². The van der Waals surface area contributed by atoms with Gasteiger partial charge in [0.05, 0.1) is 0 Å². The summed E-state index contributed by atoms with van der Waals surface area (Å²) in [5.74, 6) is -0.0858. The quantitative estimate of drug-likeness (QED) is 0.184. The van der Waals surface area contributed by atoms with Crippen molar-refractivity contribution < 1.29 is 9.53 Å². The second-order valence-corrected chi connectivity index (χ2v) is 6.84. The molecule has 0 unspecified atom stereocenters. The van der Waals surface area contributed by atoms with E-state index < -0.39 is 0 Å². The summed E-state index contributed by atoms with van der Waals surface area (Å²) in [4.78, 5) is 11.7. The second-order valence-electron chi connectivity index (χ2n) is 6.84. The van der Waals surface area contributed by atoms with E-state index in [-0.39, 0.29) is 5.97 Å². The van der Waals surface area contributed by atoms with E-state index in [1.165, 1.54) is 38.5 Å². The Balaban J connectivity index is 1.89. The lowest BCUT2D eigenvalue weighted by atomic mass is 10.1. The van der Waals surface area contributed by atoms with Crippen LogP contribution >= 0.6 is 0 Å². The molecule has 0 aliphatic rings. The Kier molecular flexibility index (Phi) is 14.7. The monoisotopic (exact) mass is 368 g/mol. The van der Waals surface area contributed by atoms with Crippen LogP contribution in [-0.2, 0) is 16.1 Å². The fourth-order valence-electron chi connectivity index (χ4n) is 2.67. The van der Waals surface area contributed by atoms with E-state index in [0.717, 1.165) is 24.8 Å². The fraction of sp³-hybridized carbons (Fsp3) is 0.480. The van der Waals surface area contributed by atoms with Crippen molar-refractivity contribution >= 4 is 5.97 Å². The van der Waals surface area contributed by atoms with Crippen molar-refractivity contribution in [1.29, 1.82) is 0 Å². The number of carbonyl (C=O) groups is 1. The van der Waals surface area contributed by atoms with E-state index in [9.17, 15) is 4.79 Å².